The third-order valence-electron chi connectivity index (χ3n) is 8.16. The minimum absolute atomic E-state index is 0.00439. The van der Waals surface area contributed by atoms with Crippen LogP contribution in [0, 0.1) is 0 Å². The lowest BCUT2D eigenvalue weighted by atomic mass is 9.96. The number of aryl methyl sites for hydroxylation is 1. The van der Waals surface area contributed by atoms with Gasteiger partial charge in [0.15, 0.2) is 0 Å². The number of likely N-dealkylation sites (N-methyl/N-ethyl adjacent to an activating group) is 1. The van der Waals surface area contributed by atoms with Gasteiger partial charge in [0.2, 0.25) is 17.7 Å². The van der Waals surface area contributed by atoms with Crippen molar-refractivity contribution in [2.75, 3.05) is 11.4 Å². The Balaban J connectivity index is 1.30. The molecule has 234 valence electrons. The maximum absolute atomic E-state index is 14.0. The number of hydrogen-bond acceptors (Lipinski definition) is 5. The molecule has 5 rings (SSSR count). The molecule has 3 amide bonds. The third-order valence-corrected chi connectivity index (χ3v) is 8.16. The number of fused-ring (bicyclic) bond motifs is 1. The predicted molar refractivity (Wildman–Crippen MR) is 176 cm³/mol. The molecule has 0 spiro atoms. The molecule has 1 atom stereocenters. The number of furan rings is 1. The summed E-state index contributed by atoms with van der Waals surface area (Å²) in [6, 6.07) is 27.1. The molecule has 0 unspecified atom stereocenters. The molecule has 3 aromatic carbocycles. The average Bonchev–Trinajstić information content (AvgIpc) is 3.51. The Labute approximate surface area is 265 Å². The number of anilines is 1. The molecule has 0 saturated carbocycles. The first-order chi connectivity index (χ1) is 21.7. The van der Waals surface area contributed by atoms with E-state index in [9.17, 15) is 14.4 Å². The molecule has 8 heteroatoms. The maximum Gasteiger partial charge on any atom is 0.249 e. The molecular formula is C37H42N4O4. The standard InChI is InChI=1S/C37H42N4O4/c1-4-38-34(42)22-29-11-5-7-13-31(29)27-17-15-26(16-18-27)25-41-33-14-8-6-10-28(33)19-20-32(36(41)44)40-35(43)23-37(2,3)39-24-30-12-9-21-45-30/h5-18,21,32,39H,4,19-20,22-25H2,1-3H3,(H,38,42)(H,40,43)/t32-/m1/s1. The predicted octanol–water partition coefficient (Wildman–Crippen LogP) is 5.55. The van der Waals surface area contributed by atoms with E-state index >= 15 is 0 Å². The van der Waals surface area contributed by atoms with Crippen molar-refractivity contribution in [1.29, 1.82) is 0 Å². The first-order valence-electron chi connectivity index (χ1n) is 15.6. The van der Waals surface area contributed by atoms with Gasteiger partial charge in [-0.2, -0.15) is 0 Å². The molecule has 8 nitrogen and oxygen atoms in total. The van der Waals surface area contributed by atoms with Crippen LogP contribution in [-0.2, 0) is 40.3 Å². The summed E-state index contributed by atoms with van der Waals surface area (Å²) in [6.07, 6.45) is 3.37. The van der Waals surface area contributed by atoms with E-state index in [4.69, 9.17) is 4.42 Å². The molecule has 1 aliphatic rings. The number of nitrogens with one attached hydrogen (secondary N) is 3. The van der Waals surface area contributed by atoms with E-state index in [0.717, 1.165) is 39.3 Å². The molecular weight excluding hydrogens is 564 g/mol. The van der Waals surface area contributed by atoms with Crippen molar-refractivity contribution in [1.82, 2.24) is 16.0 Å². The van der Waals surface area contributed by atoms with Crippen LogP contribution in [0.5, 0.6) is 0 Å². The van der Waals surface area contributed by atoms with Gasteiger partial charge in [0.25, 0.3) is 0 Å². The summed E-state index contributed by atoms with van der Waals surface area (Å²) in [4.78, 5) is 41.3. The van der Waals surface area contributed by atoms with E-state index in [0.29, 0.717) is 38.9 Å². The van der Waals surface area contributed by atoms with Crippen LogP contribution in [-0.4, -0.2) is 35.8 Å². The summed E-state index contributed by atoms with van der Waals surface area (Å²) in [7, 11) is 0. The van der Waals surface area contributed by atoms with Crippen LogP contribution in [0.2, 0.25) is 0 Å². The van der Waals surface area contributed by atoms with Crippen molar-refractivity contribution in [3.8, 4) is 11.1 Å². The molecule has 2 heterocycles. The van der Waals surface area contributed by atoms with Gasteiger partial charge >= 0.3 is 0 Å². The normalized spacial score (nSPS) is 14.9. The summed E-state index contributed by atoms with van der Waals surface area (Å²) < 4.78 is 5.40. The number of benzene rings is 3. The van der Waals surface area contributed by atoms with Crippen LogP contribution in [0.3, 0.4) is 0 Å². The lowest BCUT2D eigenvalue weighted by Gasteiger charge is -2.29. The van der Waals surface area contributed by atoms with E-state index in [1.807, 2.05) is 99.6 Å². The molecule has 4 aromatic rings. The maximum atomic E-state index is 14.0. The second-order valence-electron chi connectivity index (χ2n) is 12.2. The summed E-state index contributed by atoms with van der Waals surface area (Å²) >= 11 is 0. The Morgan fingerprint density at radius 3 is 2.44 bits per heavy atom. The molecule has 1 aliphatic heterocycles. The highest BCUT2D eigenvalue weighted by Crippen LogP contribution is 2.30. The fraction of sp³-hybridized carbons (Fsp3) is 0.324. The zero-order valence-electron chi connectivity index (χ0n) is 26.3. The van der Waals surface area contributed by atoms with Crippen molar-refractivity contribution in [2.24, 2.45) is 0 Å². The van der Waals surface area contributed by atoms with Crippen LogP contribution in [0.4, 0.5) is 5.69 Å². The molecule has 3 N–H and O–H groups in total. The van der Waals surface area contributed by atoms with Gasteiger partial charge in [-0.1, -0.05) is 66.7 Å². The first kappa shape index (κ1) is 31.7. The van der Waals surface area contributed by atoms with E-state index in [2.05, 4.69) is 22.0 Å². The van der Waals surface area contributed by atoms with Gasteiger partial charge in [-0.25, -0.2) is 0 Å². The monoisotopic (exact) mass is 606 g/mol. The number of para-hydroxylation sites is 1. The van der Waals surface area contributed by atoms with Gasteiger partial charge in [0.1, 0.15) is 11.8 Å². The topological polar surface area (TPSA) is 104 Å². The van der Waals surface area contributed by atoms with Crippen LogP contribution >= 0.6 is 0 Å². The van der Waals surface area contributed by atoms with Crippen molar-refractivity contribution in [3.63, 3.8) is 0 Å². The summed E-state index contributed by atoms with van der Waals surface area (Å²) in [5, 5.41) is 9.29. The number of amides is 3. The zero-order chi connectivity index (χ0) is 31.8. The van der Waals surface area contributed by atoms with Crippen LogP contribution in [0.25, 0.3) is 11.1 Å². The fourth-order valence-corrected chi connectivity index (χ4v) is 5.82. The number of carbonyl (C=O) groups is 3. The Hall–Kier alpha value is -4.69. The second-order valence-corrected chi connectivity index (χ2v) is 12.2. The molecule has 0 bridgehead atoms. The lowest BCUT2D eigenvalue weighted by Crippen LogP contribution is -2.50. The van der Waals surface area contributed by atoms with E-state index in [-0.39, 0.29) is 24.1 Å². The van der Waals surface area contributed by atoms with Crippen LogP contribution in [0.15, 0.2) is 95.6 Å². The minimum atomic E-state index is -0.633. The van der Waals surface area contributed by atoms with Gasteiger partial charge < -0.3 is 25.3 Å². The number of hydrogen-bond donors (Lipinski definition) is 3. The first-order valence-corrected chi connectivity index (χ1v) is 15.6. The van der Waals surface area contributed by atoms with Gasteiger partial charge in [0.05, 0.1) is 25.8 Å². The quantitative estimate of drug-likeness (QED) is 0.196. The molecule has 0 saturated heterocycles. The smallest absolute Gasteiger partial charge is 0.249 e. The molecule has 45 heavy (non-hydrogen) atoms. The van der Waals surface area contributed by atoms with Crippen molar-refractivity contribution < 1.29 is 18.8 Å². The lowest BCUT2D eigenvalue weighted by molar-refractivity contribution is -0.128. The van der Waals surface area contributed by atoms with E-state index in [1.54, 1.807) is 11.2 Å². The Kier molecular flexibility index (Phi) is 10.1. The molecule has 0 fully saturated rings. The molecule has 0 radical (unpaired) electrons. The molecule has 0 aliphatic carbocycles. The van der Waals surface area contributed by atoms with Crippen molar-refractivity contribution in [2.45, 2.75) is 71.1 Å². The SMILES string of the molecule is CCNC(=O)Cc1ccccc1-c1ccc(CN2C(=O)[C@H](NC(=O)CC(C)(C)NCc3ccco3)CCc3ccccc32)cc1. The largest absolute Gasteiger partial charge is 0.468 e. The highest BCUT2D eigenvalue weighted by Gasteiger charge is 2.32. The van der Waals surface area contributed by atoms with Crippen LogP contribution in [0.1, 0.15) is 56.1 Å². The summed E-state index contributed by atoms with van der Waals surface area (Å²) in [5.74, 6) is 0.501. The van der Waals surface area contributed by atoms with E-state index in [1.165, 1.54) is 0 Å². The third kappa shape index (κ3) is 8.28. The highest BCUT2D eigenvalue weighted by molar-refractivity contribution is 6.00. The Morgan fingerprint density at radius 2 is 1.69 bits per heavy atom. The summed E-state index contributed by atoms with van der Waals surface area (Å²) in [5.41, 5.74) is 5.41. The second kappa shape index (κ2) is 14.4. The molecule has 1 aromatic heterocycles. The van der Waals surface area contributed by atoms with Gasteiger partial charge in [0, 0.05) is 24.2 Å². The van der Waals surface area contributed by atoms with E-state index < -0.39 is 11.6 Å². The van der Waals surface area contributed by atoms with Crippen molar-refractivity contribution in [3.05, 3.63) is 114 Å². The summed E-state index contributed by atoms with van der Waals surface area (Å²) in [6.45, 7) is 7.33. The Bertz CT molecular complexity index is 1610. The highest BCUT2D eigenvalue weighted by atomic mass is 16.3. The van der Waals surface area contributed by atoms with Crippen molar-refractivity contribution >= 4 is 23.4 Å². The van der Waals surface area contributed by atoms with Gasteiger partial charge in [-0.3, -0.25) is 14.4 Å². The Morgan fingerprint density at radius 1 is 0.933 bits per heavy atom. The number of rotatable bonds is 12. The fourth-order valence-electron chi connectivity index (χ4n) is 5.82. The zero-order valence-corrected chi connectivity index (χ0v) is 26.3. The minimum Gasteiger partial charge on any atom is -0.468 e. The van der Waals surface area contributed by atoms with Gasteiger partial charge in [-0.05, 0) is 79.6 Å². The van der Waals surface area contributed by atoms with Crippen LogP contribution < -0.4 is 20.9 Å². The number of carbonyl (C=O) groups excluding carboxylic acids is 3. The average molecular weight is 607 g/mol. The number of nitrogens with zero attached hydrogens (tertiary/aromatic N) is 1. The van der Waals surface area contributed by atoms with Gasteiger partial charge in [-0.15, -0.1) is 0 Å².